The van der Waals surface area contributed by atoms with Crippen molar-refractivity contribution in [3.8, 4) is 5.75 Å². The minimum absolute atomic E-state index is 0.00881. The van der Waals surface area contributed by atoms with Crippen LogP contribution in [-0.2, 0) is 6.18 Å². The van der Waals surface area contributed by atoms with Crippen molar-refractivity contribution in [2.24, 2.45) is 5.10 Å². The third-order valence-corrected chi connectivity index (χ3v) is 2.59. The topological polar surface area (TPSA) is 46.5 Å². The van der Waals surface area contributed by atoms with Gasteiger partial charge in [-0.1, -0.05) is 0 Å². The van der Waals surface area contributed by atoms with Crippen LogP contribution >= 0.6 is 0 Å². The van der Waals surface area contributed by atoms with Crippen LogP contribution < -0.4 is 10.2 Å². The molecule has 9 heteroatoms. The minimum atomic E-state index is -4.45. The molecule has 0 atom stereocenters. The normalized spacial score (nSPS) is 11.9. The van der Waals surface area contributed by atoms with E-state index < -0.39 is 18.4 Å². The molecule has 0 aliphatic rings. The fourth-order valence-electron chi connectivity index (χ4n) is 1.54. The molecule has 0 unspecified atom stereocenters. The number of pyridine rings is 1. The lowest BCUT2D eigenvalue weighted by molar-refractivity contribution is -0.137. The van der Waals surface area contributed by atoms with Gasteiger partial charge in [0, 0.05) is 6.20 Å². The van der Waals surface area contributed by atoms with Gasteiger partial charge < -0.3 is 4.74 Å². The minimum Gasteiger partial charge on any atom is -0.435 e. The van der Waals surface area contributed by atoms with Gasteiger partial charge in [0.05, 0.1) is 11.8 Å². The zero-order valence-corrected chi connectivity index (χ0v) is 11.4. The molecule has 4 nitrogen and oxygen atoms in total. The summed E-state index contributed by atoms with van der Waals surface area (Å²) in [7, 11) is 0. The third-order valence-electron chi connectivity index (χ3n) is 2.59. The lowest BCUT2D eigenvalue weighted by Crippen LogP contribution is -2.05. The van der Waals surface area contributed by atoms with Gasteiger partial charge in [0.1, 0.15) is 11.6 Å². The van der Waals surface area contributed by atoms with E-state index in [1.807, 2.05) is 0 Å². The quantitative estimate of drug-likeness (QED) is 0.509. The lowest BCUT2D eigenvalue weighted by Gasteiger charge is -2.06. The Morgan fingerprint density at radius 1 is 1.09 bits per heavy atom. The number of rotatable bonds is 5. The SMILES string of the molecule is FC(F)Oc1ccc(/C=N/Nc2ccc(C(F)(F)F)cn2)cc1. The van der Waals surface area contributed by atoms with Crippen molar-refractivity contribution in [2.75, 3.05) is 5.43 Å². The highest BCUT2D eigenvalue weighted by Gasteiger charge is 2.30. The zero-order valence-electron chi connectivity index (χ0n) is 11.4. The fourth-order valence-corrected chi connectivity index (χ4v) is 1.54. The molecule has 0 bridgehead atoms. The zero-order chi connectivity index (χ0) is 16.9. The first-order valence-electron chi connectivity index (χ1n) is 6.22. The van der Waals surface area contributed by atoms with Gasteiger partial charge >= 0.3 is 12.8 Å². The van der Waals surface area contributed by atoms with Crippen molar-refractivity contribution in [2.45, 2.75) is 12.8 Å². The van der Waals surface area contributed by atoms with Crippen LogP contribution in [0.4, 0.5) is 27.8 Å². The van der Waals surface area contributed by atoms with E-state index in [4.69, 9.17) is 0 Å². The Balaban J connectivity index is 1.93. The number of hydrazone groups is 1. The summed E-state index contributed by atoms with van der Waals surface area (Å²) in [5.41, 5.74) is 2.17. The molecule has 1 aromatic carbocycles. The summed E-state index contributed by atoms with van der Waals surface area (Å²) in [6.07, 6.45) is -2.41. The Kier molecular flexibility index (Phi) is 5.09. The van der Waals surface area contributed by atoms with E-state index in [1.165, 1.54) is 30.5 Å². The first kappa shape index (κ1) is 16.7. The summed E-state index contributed by atoms with van der Waals surface area (Å²) >= 11 is 0. The highest BCUT2D eigenvalue weighted by Crippen LogP contribution is 2.28. The lowest BCUT2D eigenvalue weighted by atomic mass is 10.2. The van der Waals surface area contributed by atoms with Gasteiger partial charge in [-0.05, 0) is 42.0 Å². The number of anilines is 1. The molecule has 0 fully saturated rings. The van der Waals surface area contributed by atoms with Crippen LogP contribution in [0.15, 0.2) is 47.7 Å². The van der Waals surface area contributed by atoms with Gasteiger partial charge in [-0.25, -0.2) is 4.98 Å². The van der Waals surface area contributed by atoms with Crippen LogP contribution in [-0.4, -0.2) is 17.8 Å². The van der Waals surface area contributed by atoms with Crippen molar-refractivity contribution in [1.29, 1.82) is 0 Å². The molecule has 0 aliphatic heterocycles. The van der Waals surface area contributed by atoms with Crippen molar-refractivity contribution in [3.63, 3.8) is 0 Å². The first-order valence-corrected chi connectivity index (χ1v) is 6.22. The van der Waals surface area contributed by atoms with E-state index in [9.17, 15) is 22.0 Å². The van der Waals surface area contributed by atoms with E-state index in [0.717, 1.165) is 12.1 Å². The molecule has 0 saturated heterocycles. The van der Waals surface area contributed by atoms with Crippen LogP contribution in [0.5, 0.6) is 5.75 Å². The molecule has 2 rings (SSSR count). The molecule has 0 radical (unpaired) electrons. The van der Waals surface area contributed by atoms with Crippen LogP contribution in [0.1, 0.15) is 11.1 Å². The summed E-state index contributed by atoms with van der Waals surface area (Å²) in [5.74, 6) is 0.140. The fraction of sp³-hybridized carbons (Fsp3) is 0.143. The van der Waals surface area contributed by atoms with Gasteiger partial charge in [-0.15, -0.1) is 0 Å². The van der Waals surface area contributed by atoms with E-state index in [0.29, 0.717) is 11.8 Å². The Morgan fingerprint density at radius 3 is 2.30 bits per heavy atom. The summed E-state index contributed by atoms with van der Waals surface area (Å²) in [6.45, 7) is -2.90. The number of benzene rings is 1. The molecule has 23 heavy (non-hydrogen) atoms. The smallest absolute Gasteiger partial charge is 0.417 e. The van der Waals surface area contributed by atoms with Gasteiger partial charge in [0.25, 0.3) is 0 Å². The van der Waals surface area contributed by atoms with Gasteiger partial charge in [-0.2, -0.15) is 27.1 Å². The monoisotopic (exact) mass is 331 g/mol. The maximum absolute atomic E-state index is 12.4. The summed E-state index contributed by atoms with van der Waals surface area (Å²) in [5, 5.41) is 3.79. The average Bonchev–Trinajstić information content (AvgIpc) is 2.48. The number of aromatic nitrogens is 1. The molecule has 1 heterocycles. The standard InChI is InChI=1S/C14H10F5N3O/c15-13(16)23-11-4-1-9(2-5-11)7-21-22-12-6-3-10(8-20-12)14(17,18)19/h1-8,13H,(H,20,22)/b21-7+. The van der Waals surface area contributed by atoms with Gasteiger partial charge in [-0.3, -0.25) is 5.43 Å². The highest BCUT2D eigenvalue weighted by molar-refractivity contribution is 5.80. The Bertz CT molecular complexity index is 654. The largest absolute Gasteiger partial charge is 0.435 e. The highest BCUT2D eigenvalue weighted by atomic mass is 19.4. The first-order chi connectivity index (χ1) is 10.8. The second kappa shape index (κ2) is 7.03. The third kappa shape index (κ3) is 5.20. The van der Waals surface area contributed by atoms with Crippen LogP contribution in [0, 0.1) is 0 Å². The molecular formula is C14H10F5N3O. The maximum Gasteiger partial charge on any atom is 0.417 e. The number of halogens is 5. The molecule has 2 aromatic rings. The Morgan fingerprint density at radius 2 is 1.78 bits per heavy atom. The second-order valence-corrected chi connectivity index (χ2v) is 4.25. The number of nitrogens with one attached hydrogen (secondary N) is 1. The van der Waals surface area contributed by atoms with Crippen molar-refractivity contribution >= 4 is 12.0 Å². The Hall–Kier alpha value is -2.71. The van der Waals surface area contributed by atoms with Gasteiger partial charge in [0.2, 0.25) is 0 Å². The Labute approximate surface area is 127 Å². The molecule has 0 amide bonds. The summed E-state index contributed by atoms with van der Waals surface area (Å²) < 4.78 is 65.2. The molecule has 0 spiro atoms. The maximum atomic E-state index is 12.4. The molecule has 1 N–H and O–H groups in total. The predicted molar refractivity (Wildman–Crippen MR) is 73.5 cm³/mol. The number of hydrogen-bond donors (Lipinski definition) is 1. The van der Waals surface area contributed by atoms with E-state index in [2.05, 4.69) is 20.2 Å². The number of alkyl halides is 5. The molecular weight excluding hydrogens is 321 g/mol. The molecule has 1 aromatic heterocycles. The second-order valence-electron chi connectivity index (χ2n) is 4.25. The van der Waals surface area contributed by atoms with E-state index >= 15 is 0 Å². The van der Waals surface area contributed by atoms with Crippen molar-refractivity contribution in [1.82, 2.24) is 4.98 Å². The van der Waals surface area contributed by atoms with Crippen LogP contribution in [0.25, 0.3) is 0 Å². The van der Waals surface area contributed by atoms with Crippen molar-refractivity contribution < 1.29 is 26.7 Å². The van der Waals surface area contributed by atoms with Crippen LogP contribution in [0.3, 0.4) is 0 Å². The predicted octanol–water partition coefficient (Wildman–Crippen LogP) is 4.15. The van der Waals surface area contributed by atoms with E-state index in [1.54, 1.807) is 0 Å². The summed E-state index contributed by atoms with van der Waals surface area (Å²) in [4.78, 5) is 3.57. The van der Waals surface area contributed by atoms with Crippen LogP contribution in [0.2, 0.25) is 0 Å². The number of nitrogens with zero attached hydrogens (tertiary/aromatic N) is 2. The molecule has 122 valence electrons. The average molecular weight is 331 g/mol. The number of hydrogen-bond acceptors (Lipinski definition) is 4. The van der Waals surface area contributed by atoms with Crippen molar-refractivity contribution in [3.05, 3.63) is 53.7 Å². The summed E-state index contributed by atoms with van der Waals surface area (Å²) in [6, 6.07) is 7.67. The number of ether oxygens (including phenoxy) is 1. The molecule has 0 aliphatic carbocycles. The van der Waals surface area contributed by atoms with Gasteiger partial charge in [0.15, 0.2) is 0 Å². The molecule has 0 saturated carbocycles. The van der Waals surface area contributed by atoms with E-state index in [-0.39, 0.29) is 11.6 Å².